The van der Waals surface area contributed by atoms with Gasteiger partial charge in [-0.2, -0.15) is 0 Å². The third kappa shape index (κ3) is 2.60. The van der Waals surface area contributed by atoms with Gasteiger partial charge in [0.2, 0.25) is 0 Å². The van der Waals surface area contributed by atoms with Crippen molar-refractivity contribution in [2.24, 2.45) is 0 Å². The molecule has 1 heterocycles. The molecule has 86 valence electrons. The molecule has 2 rings (SSSR count). The van der Waals surface area contributed by atoms with Gasteiger partial charge in [0.05, 0.1) is 12.7 Å². The number of carbonyl (C=O) groups is 1. The number of nitrogens with zero attached hydrogens (tertiary/aromatic N) is 1. The molecule has 0 radical (unpaired) electrons. The monoisotopic (exact) mass is 229 g/mol. The minimum absolute atomic E-state index is 0.457. The summed E-state index contributed by atoms with van der Waals surface area (Å²) in [5, 5.41) is 0. The predicted molar refractivity (Wildman–Crippen MR) is 62.7 cm³/mol. The summed E-state index contributed by atoms with van der Waals surface area (Å²) in [6, 6.07) is 8.55. The number of aldehydes is 1. The van der Waals surface area contributed by atoms with Gasteiger partial charge in [-0.1, -0.05) is 0 Å². The van der Waals surface area contributed by atoms with Crippen LogP contribution in [-0.4, -0.2) is 18.4 Å². The Morgan fingerprint density at radius 1 is 1.12 bits per heavy atom. The van der Waals surface area contributed by atoms with Crippen LogP contribution < -0.4 is 9.47 Å². The van der Waals surface area contributed by atoms with E-state index in [1.807, 2.05) is 0 Å². The van der Waals surface area contributed by atoms with E-state index in [-0.39, 0.29) is 0 Å². The Hall–Kier alpha value is -2.36. The van der Waals surface area contributed by atoms with Crippen molar-refractivity contribution in [2.75, 3.05) is 7.11 Å². The van der Waals surface area contributed by atoms with Crippen molar-refractivity contribution in [1.82, 2.24) is 4.98 Å². The molecule has 0 amide bonds. The van der Waals surface area contributed by atoms with Crippen LogP contribution in [-0.2, 0) is 0 Å². The second-order valence-corrected chi connectivity index (χ2v) is 3.31. The fourth-order valence-electron chi connectivity index (χ4n) is 1.41. The third-order valence-electron chi connectivity index (χ3n) is 2.21. The molecular weight excluding hydrogens is 218 g/mol. The molecule has 0 aliphatic heterocycles. The highest BCUT2D eigenvalue weighted by molar-refractivity contribution is 5.80. The first-order valence-corrected chi connectivity index (χ1v) is 5.04. The van der Waals surface area contributed by atoms with Crippen LogP contribution in [0, 0.1) is 0 Å². The maximum atomic E-state index is 10.8. The van der Waals surface area contributed by atoms with Crippen LogP contribution in [0.3, 0.4) is 0 Å². The Morgan fingerprint density at radius 2 is 1.88 bits per heavy atom. The minimum Gasteiger partial charge on any atom is -0.496 e. The van der Waals surface area contributed by atoms with Gasteiger partial charge >= 0.3 is 0 Å². The molecule has 0 saturated heterocycles. The van der Waals surface area contributed by atoms with E-state index in [9.17, 15) is 4.79 Å². The summed E-state index contributed by atoms with van der Waals surface area (Å²) in [5.41, 5.74) is 0.457. The number of benzene rings is 1. The van der Waals surface area contributed by atoms with Gasteiger partial charge < -0.3 is 9.47 Å². The van der Waals surface area contributed by atoms with Crippen LogP contribution in [0.4, 0.5) is 0 Å². The first-order chi connectivity index (χ1) is 8.33. The number of hydrogen-bond acceptors (Lipinski definition) is 4. The van der Waals surface area contributed by atoms with Gasteiger partial charge in [-0.05, 0) is 30.3 Å². The van der Waals surface area contributed by atoms with E-state index in [0.717, 1.165) is 6.29 Å². The summed E-state index contributed by atoms with van der Waals surface area (Å²) in [5.74, 6) is 1.78. The average molecular weight is 229 g/mol. The van der Waals surface area contributed by atoms with E-state index in [0.29, 0.717) is 22.8 Å². The van der Waals surface area contributed by atoms with Crippen LogP contribution in [0.25, 0.3) is 0 Å². The van der Waals surface area contributed by atoms with Gasteiger partial charge in [-0.25, -0.2) is 0 Å². The quantitative estimate of drug-likeness (QED) is 0.756. The van der Waals surface area contributed by atoms with Crippen molar-refractivity contribution in [3.05, 3.63) is 48.3 Å². The summed E-state index contributed by atoms with van der Waals surface area (Å²) in [4.78, 5) is 14.7. The molecule has 17 heavy (non-hydrogen) atoms. The van der Waals surface area contributed by atoms with E-state index in [2.05, 4.69) is 4.98 Å². The number of ether oxygens (including phenoxy) is 2. The molecular formula is C13H11NO3. The Bertz CT molecular complexity index is 511. The van der Waals surface area contributed by atoms with Gasteiger partial charge in [0.25, 0.3) is 0 Å². The zero-order valence-electron chi connectivity index (χ0n) is 9.29. The highest BCUT2D eigenvalue weighted by Gasteiger charge is 2.04. The lowest BCUT2D eigenvalue weighted by molar-refractivity contribution is 0.112. The van der Waals surface area contributed by atoms with E-state index >= 15 is 0 Å². The molecule has 0 N–H and O–H groups in total. The predicted octanol–water partition coefficient (Wildman–Crippen LogP) is 2.70. The largest absolute Gasteiger partial charge is 0.496 e. The second-order valence-electron chi connectivity index (χ2n) is 3.31. The molecule has 0 spiro atoms. The van der Waals surface area contributed by atoms with Gasteiger partial charge in [0, 0.05) is 12.4 Å². The Balaban J connectivity index is 2.25. The zero-order chi connectivity index (χ0) is 12.1. The van der Waals surface area contributed by atoms with Gasteiger partial charge in [0.15, 0.2) is 6.29 Å². The standard InChI is InChI=1S/C13H11NO3/c1-16-13-3-2-12(8-10(13)9-15)17-11-4-6-14-7-5-11/h2-9H,1H3. The van der Waals surface area contributed by atoms with Crippen molar-refractivity contribution >= 4 is 6.29 Å². The van der Waals surface area contributed by atoms with E-state index in [1.54, 1.807) is 42.7 Å². The first-order valence-electron chi connectivity index (χ1n) is 5.04. The fourth-order valence-corrected chi connectivity index (χ4v) is 1.41. The van der Waals surface area contributed by atoms with Crippen molar-refractivity contribution in [2.45, 2.75) is 0 Å². The summed E-state index contributed by atoms with van der Waals surface area (Å²) in [6.45, 7) is 0. The molecule has 1 aromatic heterocycles. The molecule has 0 unspecified atom stereocenters. The number of hydrogen-bond donors (Lipinski definition) is 0. The number of carbonyl (C=O) groups excluding carboxylic acids is 1. The minimum atomic E-state index is 0.457. The molecule has 0 atom stereocenters. The molecule has 0 fully saturated rings. The molecule has 4 nitrogen and oxygen atoms in total. The Labute approximate surface area is 98.8 Å². The smallest absolute Gasteiger partial charge is 0.153 e. The summed E-state index contributed by atoms with van der Waals surface area (Å²) in [7, 11) is 1.52. The maximum Gasteiger partial charge on any atom is 0.153 e. The zero-order valence-corrected chi connectivity index (χ0v) is 9.29. The fraction of sp³-hybridized carbons (Fsp3) is 0.0769. The van der Waals surface area contributed by atoms with Crippen molar-refractivity contribution < 1.29 is 14.3 Å². The second kappa shape index (κ2) is 5.12. The molecule has 0 aliphatic rings. The normalized spacial score (nSPS) is 9.71. The molecule has 2 aromatic rings. The van der Waals surface area contributed by atoms with Gasteiger partial charge in [-0.3, -0.25) is 9.78 Å². The highest BCUT2D eigenvalue weighted by atomic mass is 16.5. The maximum absolute atomic E-state index is 10.8. The van der Waals surface area contributed by atoms with Crippen LogP contribution in [0.2, 0.25) is 0 Å². The average Bonchev–Trinajstić information content (AvgIpc) is 2.40. The molecule has 0 aliphatic carbocycles. The lowest BCUT2D eigenvalue weighted by Gasteiger charge is -2.08. The summed E-state index contributed by atoms with van der Waals surface area (Å²) >= 11 is 0. The SMILES string of the molecule is COc1ccc(Oc2ccncc2)cc1C=O. The lowest BCUT2D eigenvalue weighted by atomic mass is 10.2. The van der Waals surface area contributed by atoms with Crippen LogP contribution >= 0.6 is 0 Å². The van der Waals surface area contributed by atoms with Crippen molar-refractivity contribution in [1.29, 1.82) is 0 Å². The molecule has 0 saturated carbocycles. The number of pyridine rings is 1. The topological polar surface area (TPSA) is 48.4 Å². The van der Waals surface area contributed by atoms with Gasteiger partial charge in [0.1, 0.15) is 17.2 Å². The van der Waals surface area contributed by atoms with Crippen LogP contribution in [0.5, 0.6) is 17.2 Å². The van der Waals surface area contributed by atoms with Crippen LogP contribution in [0.15, 0.2) is 42.7 Å². The molecule has 4 heteroatoms. The van der Waals surface area contributed by atoms with E-state index < -0.39 is 0 Å². The third-order valence-corrected chi connectivity index (χ3v) is 2.21. The number of aromatic nitrogens is 1. The highest BCUT2D eigenvalue weighted by Crippen LogP contribution is 2.26. The molecule has 0 bridgehead atoms. The summed E-state index contributed by atoms with van der Waals surface area (Å²) < 4.78 is 10.6. The summed E-state index contributed by atoms with van der Waals surface area (Å²) in [6.07, 6.45) is 4.01. The number of rotatable bonds is 4. The van der Waals surface area contributed by atoms with E-state index in [4.69, 9.17) is 9.47 Å². The molecule has 1 aromatic carbocycles. The van der Waals surface area contributed by atoms with Crippen molar-refractivity contribution in [3.8, 4) is 17.2 Å². The first kappa shape index (κ1) is 11.1. The Morgan fingerprint density at radius 3 is 2.53 bits per heavy atom. The number of methoxy groups -OCH3 is 1. The van der Waals surface area contributed by atoms with Crippen molar-refractivity contribution in [3.63, 3.8) is 0 Å². The van der Waals surface area contributed by atoms with Crippen LogP contribution in [0.1, 0.15) is 10.4 Å². The Kier molecular flexibility index (Phi) is 3.35. The lowest BCUT2D eigenvalue weighted by Crippen LogP contribution is -1.92. The van der Waals surface area contributed by atoms with E-state index in [1.165, 1.54) is 7.11 Å². The van der Waals surface area contributed by atoms with Gasteiger partial charge in [-0.15, -0.1) is 0 Å².